The predicted octanol–water partition coefficient (Wildman–Crippen LogP) is 2.09. The van der Waals surface area contributed by atoms with Crippen LogP contribution >= 0.6 is 0 Å². The van der Waals surface area contributed by atoms with Gasteiger partial charge in [-0.3, -0.25) is 0 Å². The molecule has 1 aromatic rings. The first-order valence-corrected chi connectivity index (χ1v) is 5.68. The molecule has 0 bridgehead atoms. The Bertz CT molecular complexity index is 540. The second-order valence-electron chi connectivity index (χ2n) is 3.92. The quantitative estimate of drug-likeness (QED) is 0.763. The standard InChI is InChI=1S/C14H13NO3/c1-17-14(16)9-18-13-7-3-5-11-10(8-15)4-2-6-12(11)13/h3-5,7H,2,6,9H2,1H3. The van der Waals surface area contributed by atoms with Gasteiger partial charge in [0.2, 0.25) is 0 Å². The normalized spacial score (nSPS) is 13.0. The predicted molar refractivity (Wildman–Crippen MR) is 65.9 cm³/mol. The molecule has 92 valence electrons. The largest absolute Gasteiger partial charge is 0.482 e. The van der Waals surface area contributed by atoms with Crippen LogP contribution in [0.1, 0.15) is 17.5 Å². The number of esters is 1. The smallest absolute Gasteiger partial charge is 0.343 e. The van der Waals surface area contributed by atoms with Crippen LogP contribution in [0.3, 0.4) is 0 Å². The number of fused-ring (bicyclic) bond motifs is 1. The van der Waals surface area contributed by atoms with Crippen molar-refractivity contribution in [2.45, 2.75) is 12.8 Å². The molecule has 1 aliphatic rings. The van der Waals surface area contributed by atoms with Gasteiger partial charge in [0.1, 0.15) is 5.75 Å². The summed E-state index contributed by atoms with van der Waals surface area (Å²) < 4.78 is 9.97. The third kappa shape index (κ3) is 2.35. The van der Waals surface area contributed by atoms with Gasteiger partial charge in [-0.1, -0.05) is 18.2 Å². The van der Waals surface area contributed by atoms with Crippen molar-refractivity contribution >= 4 is 11.5 Å². The van der Waals surface area contributed by atoms with Crippen molar-refractivity contribution in [1.29, 1.82) is 5.26 Å². The Balaban J connectivity index is 2.26. The van der Waals surface area contributed by atoms with E-state index in [1.54, 1.807) is 0 Å². The molecule has 1 aromatic carbocycles. The maximum atomic E-state index is 11.1. The number of carbonyl (C=O) groups excluding carboxylic acids is 1. The van der Waals surface area contributed by atoms with Gasteiger partial charge in [0.25, 0.3) is 0 Å². The lowest BCUT2D eigenvalue weighted by Crippen LogP contribution is -2.14. The summed E-state index contributed by atoms with van der Waals surface area (Å²) in [5, 5.41) is 9.05. The zero-order valence-electron chi connectivity index (χ0n) is 10.1. The highest BCUT2D eigenvalue weighted by molar-refractivity contribution is 5.81. The number of hydrogen-bond acceptors (Lipinski definition) is 4. The molecule has 0 saturated carbocycles. The van der Waals surface area contributed by atoms with E-state index in [-0.39, 0.29) is 6.61 Å². The van der Waals surface area contributed by atoms with Crippen molar-refractivity contribution in [1.82, 2.24) is 0 Å². The minimum Gasteiger partial charge on any atom is -0.482 e. The number of ether oxygens (including phenoxy) is 2. The highest BCUT2D eigenvalue weighted by Crippen LogP contribution is 2.32. The molecule has 0 unspecified atom stereocenters. The average molecular weight is 243 g/mol. The second kappa shape index (κ2) is 5.37. The molecule has 0 heterocycles. The first-order valence-electron chi connectivity index (χ1n) is 5.68. The average Bonchev–Trinajstić information content (AvgIpc) is 2.43. The van der Waals surface area contributed by atoms with Gasteiger partial charge in [0.15, 0.2) is 6.61 Å². The number of nitrogens with zero attached hydrogens (tertiary/aromatic N) is 1. The van der Waals surface area contributed by atoms with Crippen molar-refractivity contribution in [2.24, 2.45) is 0 Å². The Kier molecular flexibility index (Phi) is 3.63. The summed E-state index contributed by atoms with van der Waals surface area (Å²) in [6.45, 7) is -0.113. The van der Waals surface area contributed by atoms with E-state index in [0.717, 1.165) is 24.0 Å². The van der Waals surface area contributed by atoms with E-state index in [0.29, 0.717) is 11.3 Å². The van der Waals surface area contributed by atoms with Crippen LogP contribution in [0.25, 0.3) is 5.57 Å². The number of methoxy groups -OCH3 is 1. The molecule has 0 aliphatic heterocycles. The molecule has 4 heteroatoms. The Morgan fingerprint density at radius 3 is 3.06 bits per heavy atom. The van der Waals surface area contributed by atoms with Gasteiger partial charge in [-0.05, 0) is 24.5 Å². The molecule has 0 N–H and O–H groups in total. The molecular formula is C14H13NO3. The maximum absolute atomic E-state index is 11.1. The summed E-state index contributed by atoms with van der Waals surface area (Å²) >= 11 is 0. The fourth-order valence-electron chi connectivity index (χ4n) is 1.98. The molecule has 1 aliphatic carbocycles. The van der Waals surface area contributed by atoms with Crippen LogP contribution in [0.4, 0.5) is 0 Å². The lowest BCUT2D eigenvalue weighted by atomic mass is 9.91. The first kappa shape index (κ1) is 12.2. The Labute approximate surface area is 105 Å². The molecule has 18 heavy (non-hydrogen) atoms. The molecule has 2 rings (SSSR count). The van der Waals surface area contributed by atoms with Crippen molar-refractivity contribution in [2.75, 3.05) is 13.7 Å². The first-order chi connectivity index (χ1) is 8.76. The zero-order chi connectivity index (χ0) is 13.0. The molecule has 0 saturated heterocycles. The summed E-state index contributed by atoms with van der Waals surface area (Å²) in [4.78, 5) is 11.1. The van der Waals surface area contributed by atoms with Crippen LogP contribution in [0.5, 0.6) is 5.75 Å². The lowest BCUT2D eigenvalue weighted by molar-refractivity contribution is -0.142. The molecule has 0 fully saturated rings. The van der Waals surface area contributed by atoms with Gasteiger partial charge in [0.05, 0.1) is 18.8 Å². The Morgan fingerprint density at radius 2 is 2.33 bits per heavy atom. The number of benzene rings is 1. The van der Waals surface area contributed by atoms with Crippen LogP contribution in [0.15, 0.2) is 24.3 Å². The molecule has 0 amide bonds. The molecule has 0 radical (unpaired) electrons. The summed E-state index contributed by atoms with van der Waals surface area (Å²) in [5.41, 5.74) is 2.55. The van der Waals surface area contributed by atoms with E-state index in [1.165, 1.54) is 7.11 Å². The number of carbonyl (C=O) groups is 1. The van der Waals surface area contributed by atoms with E-state index < -0.39 is 5.97 Å². The van der Waals surface area contributed by atoms with Gasteiger partial charge in [-0.15, -0.1) is 0 Å². The Morgan fingerprint density at radius 1 is 1.50 bits per heavy atom. The van der Waals surface area contributed by atoms with E-state index in [9.17, 15) is 4.79 Å². The molecule has 4 nitrogen and oxygen atoms in total. The van der Waals surface area contributed by atoms with Gasteiger partial charge in [-0.25, -0.2) is 4.79 Å². The summed E-state index contributed by atoms with van der Waals surface area (Å²) in [5.74, 6) is 0.234. The minimum atomic E-state index is -0.417. The fourth-order valence-corrected chi connectivity index (χ4v) is 1.98. The summed E-state index contributed by atoms with van der Waals surface area (Å²) in [7, 11) is 1.32. The van der Waals surface area contributed by atoms with Gasteiger partial charge in [0, 0.05) is 5.56 Å². The molecule has 0 aromatic heterocycles. The second-order valence-corrected chi connectivity index (χ2v) is 3.92. The number of rotatable bonds is 3. The monoisotopic (exact) mass is 243 g/mol. The van der Waals surface area contributed by atoms with Crippen molar-refractivity contribution in [3.8, 4) is 11.8 Å². The number of nitriles is 1. The Hall–Kier alpha value is -2.28. The lowest BCUT2D eigenvalue weighted by Gasteiger charge is -2.17. The zero-order valence-corrected chi connectivity index (χ0v) is 10.1. The number of allylic oxidation sites excluding steroid dienone is 2. The summed E-state index contributed by atoms with van der Waals surface area (Å²) in [6, 6.07) is 7.70. The van der Waals surface area contributed by atoms with Gasteiger partial charge >= 0.3 is 5.97 Å². The van der Waals surface area contributed by atoms with Gasteiger partial charge in [-0.2, -0.15) is 5.26 Å². The van der Waals surface area contributed by atoms with Crippen LogP contribution in [0, 0.1) is 11.3 Å². The maximum Gasteiger partial charge on any atom is 0.343 e. The molecule has 0 atom stereocenters. The number of hydrogen-bond donors (Lipinski definition) is 0. The van der Waals surface area contributed by atoms with Crippen molar-refractivity contribution in [3.63, 3.8) is 0 Å². The van der Waals surface area contributed by atoms with E-state index >= 15 is 0 Å². The summed E-state index contributed by atoms with van der Waals surface area (Å²) in [6.07, 6.45) is 3.55. The van der Waals surface area contributed by atoms with E-state index in [4.69, 9.17) is 10.00 Å². The molecule has 0 spiro atoms. The minimum absolute atomic E-state index is 0.113. The van der Waals surface area contributed by atoms with Crippen LogP contribution in [0.2, 0.25) is 0 Å². The highest BCUT2D eigenvalue weighted by atomic mass is 16.6. The molecular weight excluding hydrogens is 230 g/mol. The van der Waals surface area contributed by atoms with E-state index in [1.807, 2.05) is 24.3 Å². The topological polar surface area (TPSA) is 59.3 Å². The third-order valence-corrected chi connectivity index (χ3v) is 2.86. The van der Waals surface area contributed by atoms with Crippen LogP contribution in [-0.4, -0.2) is 19.7 Å². The van der Waals surface area contributed by atoms with Gasteiger partial charge < -0.3 is 9.47 Å². The van der Waals surface area contributed by atoms with Crippen molar-refractivity contribution < 1.29 is 14.3 Å². The van der Waals surface area contributed by atoms with Crippen LogP contribution < -0.4 is 4.74 Å². The fraction of sp³-hybridized carbons (Fsp3) is 0.286. The van der Waals surface area contributed by atoms with E-state index in [2.05, 4.69) is 10.8 Å². The third-order valence-electron chi connectivity index (χ3n) is 2.86. The van der Waals surface area contributed by atoms with Crippen LogP contribution in [-0.2, 0) is 16.0 Å². The van der Waals surface area contributed by atoms with Crippen molar-refractivity contribution in [3.05, 3.63) is 35.4 Å². The highest BCUT2D eigenvalue weighted by Gasteiger charge is 2.16. The SMILES string of the molecule is COC(=O)COc1cccc2c1CCC=C2C#N.